The lowest BCUT2D eigenvalue weighted by Gasteiger charge is -2.18. The van der Waals surface area contributed by atoms with Gasteiger partial charge in [0, 0.05) is 43.5 Å². The number of nitrogens with zero attached hydrogens (tertiary/aromatic N) is 2. The average Bonchev–Trinajstić information content (AvgIpc) is 2.89. The molecule has 27 heavy (non-hydrogen) atoms. The highest BCUT2D eigenvalue weighted by Gasteiger charge is 2.29. The Morgan fingerprint density at radius 2 is 1.93 bits per heavy atom. The maximum atomic E-state index is 12.7. The molecule has 1 aliphatic carbocycles. The first-order valence-corrected chi connectivity index (χ1v) is 9.54. The number of aromatic nitrogens is 1. The smallest absolute Gasteiger partial charge is 0.227 e. The van der Waals surface area contributed by atoms with Gasteiger partial charge in [0.15, 0.2) is 5.78 Å². The number of carbonyl (C=O) groups is 2. The van der Waals surface area contributed by atoms with Crippen LogP contribution in [0.15, 0.2) is 42.5 Å². The van der Waals surface area contributed by atoms with Crippen molar-refractivity contribution < 1.29 is 9.59 Å². The summed E-state index contributed by atoms with van der Waals surface area (Å²) >= 11 is 0. The first kappa shape index (κ1) is 19.2. The zero-order valence-electron chi connectivity index (χ0n) is 16.5. The number of amides is 1. The Morgan fingerprint density at radius 3 is 2.59 bits per heavy atom. The highest BCUT2D eigenvalue weighted by molar-refractivity contribution is 6.01. The van der Waals surface area contributed by atoms with Crippen molar-refractivity contribution in [3.63, 3.8) is 0 Å². The molecular weight excluding hydrogens is 336 g/mol. The van der Waals surface area contributed by atoms with Gasteiger partial charge in [0.1, 0.15) is 0 Å². The fraction of sp³-hybridized carbons (Fsp3) is 0.391. The molecule has 0 fully saturated rings. The van der Waals surface area contributed by atoms with Crippen LogP contribution in [0.3, 0.4) is 0 Å². The number of ketones is 1. The van der Waals surface area contributed by atoms with E-state index < -0.39 is 0 Å². The van der Waals surface area contributed by atoms with E-state index in [1.54, 1.807) is 11.9 Å². The Kier molecular flexibility index (Phi) is 5.64. The maximum Gasteiger partial charge on any atom is 0.227 e. The van der Waals surface area contributed by atoms with Crippen molar-refractivity contribution in [2.24, 2.45) is 0 Å². The first-order chi connectivity index (χ1) is 12.9. The minimum absolute atomic E-state index is 0.0270. The summed E-state index contributed by atoms with van der Waals surface area (Å²) in [4.78, 5) is 27.1. The lowest BCUT2D eigenvalue weighted by atomic mass is 9.92. The normalized spacial score (nSPS) is 13.4. The summed E-state index contributed by atoms with van der Waals surface area (Å²) in [6.45, 7) is 9.11. The van der Waals surface area contributed by atoms with Crippen LogP contribution < -0.4 is 0 Å². The highest BCUT2D eigenvalue weighted by atomic mass is 16.2. The average molecular weight is 364 g/mol. The topological polar surface area (TPSA) is 42.3 Å². The molecule has 0 aliphatic heterocycles. The molecule has 1 aliphatic rings. The number of fused-ring (bicyclic) bond motifs is 1. The number of hydrogen-bond donors (Lipinski definition) is 0. The van der Waals surface area contributed by atoms with Crippen molar-refractivity contribution in [3.05, 3.63) is 70.6 Å². The van der Waals surface area contributed by atoms with Crippen LogP contribution in [-0.2, 0) is 24.2 Å². The lowest BCUT2D eigenvalue weighted by Crippen LogP contribution is -2.30. The van der Waals surface area contributed by atoms with E-state index in [9.17, 15) is 9.59 Å². The van der Waals surface area contributed by atoms with E-state index in [0.29, 0.717) is 13.0 Å². The molecule has 1 heterocycles. The lowest BCUT2D eigenvalue weighted by molar-refractivity contribution is -0.128. The van der Waals surface area contributed by atoms with Crippen LogP contribution in [0.4, 0.5) is 0 Å². The minimum Gasteiger partial charge on any atom is -0.343 e. The molecule has 0 saturated heterocycles. The van der Waals surface area contributed by atoms with Gasteiger partial charge in [0.05, 0.1) is 6.42 Å². The summed E-state index contributed by atoms with van der Waals surface area (Å²) in [6, 6.07) is 10.3. The summed E-state index contributed by atoms with van der Waals surface area (Å²) < 4.78 is 2.24. The van der Waals surface area contributed by atoms with Crippen LogP contribution >= 0.6 is 0 Å². The molecule has 1 aromatic carbocycles. The molecule has 0 spiro atoms. The third-order valence-corrected chi connectivity index (χ3v) is 5.30. The van der Waals surface area contributed by atoms with E-state index in [4.69, 9.17) is 0 Å². The molecule has 0 bridgehead atoms. The van der Waals surface area contributed by atoms with Crippen molar-refractivity contribution in [2.45, 2.75) is 46.1 Å². The third-order valence-electron chi connectivity index (χ3n) is 5.30. The van der Waals surface area contributed by atoms with Crippen LogP contribution in [0.2, 0.25) is 0 Å². The number of hydrogen-bond acceptors (Lipinski definition) is 2. The standard InChI is InChI=1S/C23H28N2O2/c1-16(2)14-24(4)22(27)13-19-17(3)25(15-18-9-6-5-7-10-18)20-11-8-12-21(26)23(19)20/h5-7,9-10H,1,8,11-15H2,2-4H3. The Hall–Kier alpha value is -2.62. The van der Waals surface area contributed by atoms with Crippen molar-refractivity contribution in [1.29, 1.82) is 0 Å². The molecule has 3 rings (SSSR count). The molecule has 2 aromatic rings. The zero-order valence-corrected chi connectivity index (χ0v) is 16.5. The minimum atomic E-state index is 0.0270. The highest BCUT2D eigenvalue weighted by Crippen LogP contribution is 2.31. The second kappa shape index (κ2) is 7.95. The molecule has 1 aromatic heterocycles. The summed E-state index contributed by atoms with van der Waals surface area (Å²) in [5.41, 5.74) is 5.99. The van der Waals surface area contributed by atoms with Gasteiger partial charge in [-0.3, -0.25) is 9.59 Å². The summed E-state index contributed by atoms with van der Waals surface area (Å²) in [5.74, 6) is 0.204. The van der Waals surface area contributed by atoms with E-state index in [0.717, 1.165) is 47.5 Å². The van der Waals surface area contributed by atoms with E-state index >= 15 is 0 Å². The van der Waals surface area contributed by atoms with Gasteiger partial charge >= 0.3 is 0 Å². The molecule has 0 unspecified atom stereocenters. The van der Waals surface area contributed by atoms with Crippen LogP contribution in [-0.4, -0.2) is 34.7 Å². The van der Waals surface area contributed by atoms with Gasteiger partial charge in [-0.2, -0.15) is 0 Å². The molecule has 1 amide bonds. The number of likely N-dealkylation sites (N-methyl/N-ethyl adjacent to an activating group) is 1. The molecular formula is C23H28N2O2. The molecule has 0 saturated carbocycles. The molecule has 142 valence electrons. The van der Waals surface area contributed by atoms with Gasteiger partial charge in [-0.05, 0) is 37.8 Å². The second-order valence-corrected chi connectivity index (χ2v) is 7.62. The van der Waals surface area contributed by atoms with E-state index in [-0.39, 0.29) is 18.1 Å². The zero-order chi connectivity index (χ0) is 19.6. The summed E-state index contributed by atoms with van der Waals surface area (Å²) in [7, 11) is 1.79. The van der Waals surface area contributed by atoms with Crippen LogP contribution in [0.1, 0.15) is 52.6 Å². The molecule has 4 heteroatoms. The van der Waals surface area contributed by atoms with E-state index in [2.05, 4.69) is 23.3 Å². The van der Waals surface area contributed by atoms with Gasteiger partial charge in [-0.15, -0.1) is 0 Å². The van der Waals surface area contributed by atoms with Crippen molar-refractivity contribution in [2.75, 3.05) is 13.6 Å². The van der Waals surface area contributed by atoms with Gasteiger partial charge in [0.2, 0.25) is 5.91 Å². The van der Waals surface area contributed by atoms with Gasteiger partial charge in [-0.25, -0.2) is 0 Å². The van der Waals surface area contributed by atoms with Gasteiger partial charge < -0.3 is 9.47 Å². The SMILES string of the molecule is C=C(C)CN(C)C(=O)Cc1c2c(n(Cc3ccccc3)c1C)CCCC2=O. The Balaban J connectivity index is 1.97. The monoisotopic (exact) mass is 364 g/mol. The molecule has 0 atom stereocenters. The second-order valence-electron chi connectivity index (χ2n) is 7.62. The van der Waals surface area contributed by atoms with Crippen LogP contribution in [0.5, 0.6) is 0 Å². The number of benzene rings is 1. The quantitative estimate of drug-likeness (QED) is 0.729. The number of rotatable bonds is 6. The Bertz CT molecular complexity index is 878. The Labute approximate surface area is 161 Å². The number of carbonyl (C=O) groups excluding carboxylic acids is 2. The number of Topliss-reactive ketones (excluding diaryl/α,β-unsaturated/α-hetero) is 1. The van der Waals surface area contributed by atoms with Crippen LogP contribution in [0.25, 0.3) is 0 Å². The predicted octanol–water partition coefficient (Wildman–Crippen LogP) is 3.94. The molecule has 4 nitrogen and oxygen atoms in total. The van der Waals surface area contributed by atoms with Crippen molar-refractivity contribution in [1.82, 2.24) is 9.47 Å². The molecule has 0 N–H and O–H groups in total. The van der Waals surface area contributed by atoms with Gasteiger partial charge in [-0.1, -0.05) is 42.5 Å². The van der Waals surface area contributed by atoms with Crippen molar-refractivity contribution >= 4 is 11.7 Å². The first-order valence-electron chi connectivity index (χ1n) is 9.54. The third kappa shape index (κ3) is 4.05. The predicted molar refractivity (Wildman–Crippen MR) is 108 cm³/mol. The summed E-state index contributed by atoms with van der Waals surface area (Å²) in [5, 5.41) is 0. The van der Waals surface area contributed by atoms with E-state index in [1.165, 1.54) is 5.56 Å². The van der Waals surface area contributed by atoms with Gasteiger partial charge in [0.25, 0.3) is 0 Å². The maximum absolute atomic E-state index is 12.7. The largest absolute Gasteiger partial charge is 0.343 e. The Morgan fingerprint density at radius 1 is 1.22 bits per heavy atom. The van der Waals surface area contributed by atoms with Crippen LogP contribution in [0, 0.1) is 6.92 Å². The van der Waals surface area contributed by atoms with Crippen molar-refractivity contribution in [3.8, 4) is 0 Å². The fourth-order valence-electron chi connectivity index (χ4n) is 3.96. The molecule has 0 radical (unpaired) electrons. The van der Waals surface area contributed by atoms with E-state index in [1.807, 2.05) is 32.0 Å². The summed E-state index contributed by atoms with van der Waals surface area (Å²) in [6.07, 6.45) is 2.62. The fourth-order valence-corrected chi connectivity index (χ4v) is 3.96.